The van der Waals surface area contributed by atoms with Gasteiger partial charge >= 0.3 is 0 Å². The van der Waals surface area contributed by atoms with Crippen LogP contribution in [-0.2, 0) is 0 Å². The number of nitrogens with one attached hydrogen (secondary N) is 2. The van der Waals surface area contributed by atoms with Gasteiger partial charge in [0.2, 0.25) is 0 Å². The number of ether oxygens (including phenoxy) is 1. The van der Waals surface area contributed by atoms with Gasteiger partial charge in [-0.3, -0.25) is 20.2 Å². The fourth-order valence-electron chi connectivity index (χ4n) is 2.77. The lowest BCUT2D eigenvalue weighted by molar-refractivity contribution is -0.385. The van der Waals surface area contributed by atoms with Crippen molar-refractivity contribution in [2.24, 2.45) is 0 Å². The third-order valence-corrected chi connectivity index (χ3v) is 4.57. The fourth-order valence-corrected chi connectivity index (χ4v) is 2.97. The summed E-state index contributed by atoms with van der Waals surface area (Å²) in [4.78, 5) is 23.2. The van der Waals surface area contributed by atoms with Gasteiger partial charge in [0.15, 0.2) is 5.11 Å². The van der Waals surface area contributed by atoms with Gasteiger partial charge in [0.05, 0.1) is 28.3 Å². The summed E-state index contributed by atoms with van der Waals surface area (Å²) in [6.45, 7) is 4.30. The number of thiocarbonyl (C=S) groups is 1. The summed E-state index contributed by atoms with van der Waals surface area (Å²) in [6.07, 6.45) is 4.31. The van der Waals surface area contributed by atoms with Crippen molar-refractivity contribution >= 4 is 34.6 Å². The molecule has 0 aliphatic heterocycles. The molecule has 0 atom stereocenters. The van der Waals surface area contributed by atoms with E-state index in [0.29, 0.717) is 29.2 Å². The highest BCUT2D eigenvalue weighted by atomic mass is 32.1. The van der Waals surface area contributed by atoms with Gasteiger partial charge in [-0.1, -0.05) is 44.4 Å². The average molecular weight is 416 g/mol. The van der Waals surface area contributed by atoms with Crippen LogP contribution in [0, 0.1) is 17.0 Å². The molecule has 8 heteroatoms. The predicted octanol–water partition coefficient (Wildman–Crippen LogP) is 4.99. The maximum atomic E-state index is 12.6. The van der Waals surface area contributed by atoms with E-state index in [1.165, 1.54) is 6.07 Å². The number of nitro groups is 1. The first-order chi connectivity index (χ1) is 13.9. The van der Waals surface area contributed by atoms with Crippen molar-refractivity contribution in [1.82, 2.24) is 5.32 Å². The van der Waals surface area contributed by atoms with Gasteiger partial charge in [-0.2, -0.15) is 0 Å². The summed E-state index contributed by atoms with van der Waals surface area (Å²) in [6, 6.07) is 11.6. The smallest absolute Gasteiger partial charge is 0.274 e. The van der Waals surface area contributed by atoms with E-state index in [1.54, 1.807) is 43.3 Å². The highest BCUT2D eigenvalue weighted by molar-refractivity contribution is 7.80. The third-order valence-electron chi connectivity index (χ3n) is 4.36. The molecule has 154 valence electrons. The largest absolute Gasteiger partial charge is 0.493 e. The van der Waals surface area contributed by atoms with Crippen LogP contribution < -0.4 is 15.4 Å². The topological polar surface area (TPSA) is 93.5 Å². The molecule has 0 unspecified atom stereocenters. The van der Waals surface area contributed by atoms with Crippen LogP contribution in [0.4, 0.5) is 11.4 Å². The number of benzene rings is 2. The highest BCUT2D eigenvalue weighted by Gasteiger charge is 2.16. The number of carbonyl (C=O) groups is 1. The van der Waals surface area contributed by atoms with Gasteiger partial charge < -0.3 is 10.1 Å². The minimum absolute atomic E-state index is 0.0223. The van der Waals surface area contributed by atoms with Crippen molar-refractivity contribution in [3.8, 4) is 5.75 Å². The molecule has 2 rings (SSSR count). The van der Waals surface area contributed by atoms with E-state index in [9.17, 15) is 14.9 Å². The Balaban J connectivity index is 2.01. The zero-order chi connectivity index (χ0) is 21.2. The van der Waals surface area contributed by atoms with Gasteiger partial charge in [-0.05, 0) is 43.8 Å². The zero-order valence-corrected chi connectivity index (χ0v) is 17.4. The predicted molar refractivity (Wildman–Crippen MR) is 118 cm³/mol. The number of hydrogen-bond donors (Lipinski definition) is 2. The quantitative estimate of drug-likeness (QED) is 0.259. The molecular formula is C21H25N3O4S. The van der Waals surface area contributed by atoms with Crippen LogP contribution >= 0.6 is 12.2 Å². The van der Waals surface area contributed by atoms with Gasteiger partial charge in [-0.25, -0.2) is 0 Å². The maximum absolute atomic E-state index is 12.6. The van der Waals surface area contributed by atoms with E-state index in [1.807, 2.05) is 0 Å². The molecule has 0 fully saturated rings. The van der Waals surface area contributed by atoms with Crippen LogP contribution in [-0.4, -0.2) is 22.5 Å². The second-order valence-corrected chi connectivity index (χ2v) is 6.93. The van der Waals surface area contributed by atoms with Crippen molar-refractivity contribution in [2.75, 3.05) is 11.9 Å². The van der Waals surface area contributed by atoms with Crippen LogP contribution in [0.2, 0.25) is 0 Å². The normalized spacial score (nSPS) is 10.3. The number of carbonyl (C=O) groups excluding carboxylic acids is 1. The van der Waals surface area contributed by atoms with Crippen LogP contribution in [0.25, 0.3) is 0 Å². The number of hydrogen-bond acceptors (Lipinski definition) is 5. The molecule has 0 aliphatic rings. The summed E-state index contributed by atoms with van der Waals surface area (Å²) in [5.74, 6) is 0.0885. The molecule has 0 saturated heterocycles. The summed E-state index contributed by atoms with van der Waals surface area (Å²) in [5, 5.41) is 16.6. The van der Waals surface area contributed by atoms with E-state index in [-0.39, 0.29) is 10.8 Å². The minimum atomic E-state index is -0.462. The second-order valence-electron chi connectivity index (χ2n) is 6.52. The minimum Gasteiger partial charge on any atom is -0.493 e. The Bertz CT molecular complexity index is 886. The number of para-hydroxylation sites is 1. The van der Waals surface area contributed by atoms with Gasteiger partial charge in [0.25, 0.3) is 11.6 Å². The summed E-state index contributed by atoms with van der Waals surface area (Å²) >= 11 is 5.21. The van der Waals surface area contributed by atoms with Crippen molar-refractivity contribution < 1.29 is 14.5 Å². The van der Waals surface area contributed by atoms with E-state index in [2.05, 4.69) is 17.6 Å². The molecule has 29 heavy (non-hydrogen) atoms. The Morgan fingerprint density at radius 2 is 1.90 bits per heavy atom. The number of nitro benzene ring substituents is 1. The van der Waals surface area contributed by atoms with Gasteiger partial charge in [-0.15, -0.1) is 0 Å². The van der Waals surface area contributed by atoms with Crippen LogP contribution in [0.5, 0.6) is 5.75 Å². The number of nitrogens with zero attached hydrogens (tertiary/aromatic N) is 1. The Kier molecular flexibility index (Phi) is 8.54. The fraction of sp³-hybridized carbons (Fsp3) is 0.333. The molecule has 0 saturated carbocycles. The summed E-state index contributed by atoms with van der Waals surface area (Å²) in [5.41, 5.74) is 1.25. The average Bonchev–Trinajstić information content (AvgIpc) is 2.69. The standard InChI is InChI=1S/C21H25N3O4S/c1-3-4-5-8-14-28-19-13-7-6-10-16(19)20(25)23-21(29)22-17-11-9-12-18(15(17)2)24(26)27/h6-7,9-13H,3-5,8,14H2,1-2H3,(H2,22,23,25,29). The summed E-state index contributed by atoms with van der Waals surface area (Å²) in [7, 11) is 0. The number of rotatable bonds is 9. The Hall–Kier alpha value is -3.00. The molecule has 0 heterocycles. The molecule has 0 spiro atoms. The highest BCUT2D eigenvalue weighted by Crippen LogP contribution is 2.25. The van der Waals surface area contributed by atoms with E-state index >= 15 is 0 Å². The Labute approximate surface area is 175 Å². The zero-order valence-electron chi connectivity index (χ0n) is 16.6. The number of anilines is 1. The first-order valence-corrected chi connectivity index (χ1v) is 9.93. The lowest BCUT2D eigenvalue weighted by atomic mass is 10.1. The molecule has 0 radical (unpaired) electrons. The lowest BCUT2D eigenvalue weighted by Crippen LogP contribution is -2.34. The van der Waals surface area contributed by atoms with Gasteiger partial charge in [0, 0.05) is 6.07 Å². The first kappa shape index (κ1) is 22.3. The van der Waals surface area contributed by atoms with Crippen molar-refractivity contribution in [3.63, 3.8) is 0 Å². The van der Waals surface area contributed by atoms with Crippen LogP contribution in [0.15, 0.2) is 42.5 Å². The molecule has 1 amide bonds. The number of amides is 1. The van der Waals surface area contributed by atoms with Crippen LogP contribution in [0.1, 0.15) is 48.5 Å². The maximum Gasteiger partial charge on any atom is 0.274 e. The molecule has 7 nitrogen and oxygen atoms in total. The lowest BCUT2D eigenvalue weighted by Gasteiger charge is -2.14. The molecule has 0 aliphatic carbocycles. The van der Waals surface area contributed by atoms with E-state index in [4.69, 9.17) is 17.0 Å². The van der Waals surface area contributed by atoms with Crippen LogP contribution in [0.3, 0.4) is 0 Å². The molecule has 2 N–H and O–H groups in total. The Morgan fingerprint density at radius 3 is 2.62 bits per heavy atom. The van der Waals surface area contributed by atoms with Crippen molar-refractivity contribution in [3.05, 3.63) is 63.7 Å². The van der Waals surface area contributed by atoms with Crippen molar-refractivity contribution in [2.45, 2.75) is 39.5 Å². The SMILES string of the molecule is CCCCCCOc1ccccc1C(=O)NC(=S)Nc1cccc([N+](=O)[O-])c1C. The molecule has 2 aromatic rings. The molecular weight excluding hydrogens is 390 g/mol. The monoisotopic (exact) mass is 415 g/mol. The first-order valence-electron chi connectivity index (χ1n) is 9.52. The molecule has 2 aromatic carbocycles. The second kappa shape index (κ2) is 11.1. The Morgan fingerprint density at radius 1 is 1.14 bits per heavy atom. The molecule has 0 aromatic heterocycles. The third kappa shape index (κ3) is 6.53. The van der Waals surface area contributed by atoms with Crippen molar-refractivity contribution in [1.29, 1.82) is 0 Å². The van der Waals surface area contributed by atoms with E-state index < -0.39 is 10.8 Å². The summed E-state index contributed by atoms with van der Waals surface area (Å²) < 4.78 is 5.77. The molecule has 0 bridgehead atoms. The number of unbranched alkanes of at least 4 members (excludes halogenated alkanes) is 3. The van der Waals surface area contributed by atoms with E-state index in [0.717, 1.165) is 25.7 Å². The van der Waals surface area contributed by atoms with Gasteiger partial charge in [0.1, 0.15) is 5.75 Å².